The molecule has 0 radical (unpaired) electrons. The van der Waals surface area contributed by atoms with E-state index in [2.05, 4.69) is 37.5 Å². The Labute approximate surface area is 203 Å². The second-order valence-corrected chi connectivity index (χ2v) is 9.01. The molecule has 0 saturated carbocycles. The standard InChI is InChI=1S/C28H37N3O3/c1-6-7-13-23(32)19-31(18-21(2)3)20-26-27(22-11-9-8-10-12-22)29-30(4)28(26)34-25-16-14-24(33-5)15-17-25/h6,8-12,14-17,21,23,32H,1,7,13,18-20H2,2-5H3/t23-/m0/s1. The van der Waals surface area contributed by atoms with E-state index < -0.39 is 6.10 Å². The summed E-state index contributed by atoms with van der Waals surface area (Å²) in [6, 6.07) is 17.7. The van der Waals surface area contributed by atoms with Gasteiger partial charge in [-0.05, 0) is 43.0 Å². The van der Waals surface area contributed by atoms with E-state index in [1.54, 1.807) is 11.8 Å². The fourth-order valence-corrected chi connectivity index (χ4v) is 4.05. The molecule has 6 nitrogen and oxygen atoms in total. The molecule has 3 rings (SSSR count). The highest BCUT2D eigenvalue weighted by Gasteiger charge is 2.23. The third kappa shape index (κ3) is 6.95. The van der Waals surface area contributed by atoms with Crippen molar-refractivity contribution in [3.05, 3.63) is 72.8 Å². The first-order valence-corrected chi connectivity index (χ1v) is 11.9. The lowest BCUT2D eigenvalue weighted by atomic mass is 10.1. The van der Waals surface area contributed by atoms with Gasteiger partial charge in [-0.15, -0.1) is 6.58 Å². The smallest absolute Gasteiger partial charge is 0.222 e. The molecule has 0 amide bonds. The van der Waals surface area contributed by atoms with Crippen LogP contribution in [0.15, 0.2) is 67.3 Å². The molecule has 1 atom stereocenters. The first-order valence-electron chi connectivity index (χ1n) is 11.9. The molecule has 3 aromatic rings. The van der Waals surface area contributed by atoms with Crippen molar-refractivity contribution in [3.63, 3.8) is 0 Å². The fraction of sp³-hybridized carbons (Fsp3) is 0.393. The van der Waals surface area contributed by atoms with Crippen molar-refractivity contribution in [3.8, 4) is 28.6 Å². The van der Waals surface area contributed by atoms with Crippen LogP contribution in [0.2, 0.25) is 0 Å². The predicted octanol–water partition coefficient (Wildman–Crippen LogP) is 5.67. The first-order chi connectivity index (χ1) is 16.4. The topological polar surface area (TPSA) is 59.8 Å². The highest BCUT2D eigenvalue weighted by Crippen LogP contribution is 2.34. The summed E-state index contributed by atoms with van der Waals surface area (Å²) < 4.78 is 13.4. The van der Waals surface area contributed by atoms with E-state index >= 15 is 0 Å². The van der Waals surface area contributed by atoms with Gasteiger partial charge in [0.25, 0.3) is 0 Å². The molecule has 1 heterocycles. The number of methoxy groups -OCH3 is 1. The van der Waals surface area contributed by atoms with Gasteiger partial charge >= 0.3 is 0 Å². The lowest BCUT2D eigenvalue weighted by Crippen LogP contribution is -2.35. The van der Waals surface area contributed by atoms with Crippen molar-refractivity contribution in [1.82, 2.24) is 14.7 Å². The van der Waals surface area contributed by atoms with Gasteiger partial charge in [0.15, 0.2) is 0 Å². The Kier molecular flexibility index (Phi) is 9.31. The van der Waals surface area contributed by atoms with E-state index in [0.717, 1.165) is 35.5 Å². The number of allylic oxidation sites excluding steroid dienone is 1. The van der Waals surface area contributed by atoms with Gasteiger partial charge in [0.05, 0.1) is 18.8 Å². The number of aliphatic hydroxyl groups excluding tert-OH is 1. The molecule has 0 bridgehead atoms. The first kappa shape index (κ1) is 25.5. The summed E-state index contributed by atoms with van der Waals surface area (Å²) in [5, 5.41) is 15.5. The molecular weight excluding hydrogens is 426 g/mol. The van der Waals surface area contributed by atoms with Crippen molar-refractivity contribution in [2.24, 2.45) is 13.0 Å². The summed E-state index contributed by atoms with van der Waals surface area (Å²) in [5.41, 5.74) is 2.93. The number of aliphatic hydroxyl groups is 1. The zero-order valence-corrected chi connectivity index (χ0v) is 20.8. The van der Waals surface area contributed by atoms with Crippen LogP contribution in [-0.2, 0) is 13.6 Å². The molecule has 0 aliphatic carbocycles. The zero-order chi connectivity index (χ0) is 24.5. The number of hydrogen-bond donors (Lipinski definition) is 1. The Morgan fingerprint density at radius 2 is 1.74 bits per heavy atom. The van der Waals surface area contributed by atoms with E-state index in [-0.39, 0.29) is 0 Å². The third-order valence-electron chi connectivity index (χ3n) is 5.59. The number of rotatable bonds is 13. The normalized spacial score (nSPS) is 12.2. The van der Waals surface area contributed by atoms with Crippen molar-refractivity contribution in [2.45, 2.75) is 39.3 Å². The quantitative estimate of drug-likeness (QED) is 0.331. The van der Waals surface area contributed by atoms with Crippen LogP contribution in [0.1, 0.15) is 32.3 Å². The average molecular weight is 464 g/mol. The number of benzene rings is 2. The number of nitrogens with zero attached hydrogens (tertiary/aromatic N) is 3. The second-order valence-electron chi connectivity index (χ2n) is 9.01. The Balaban J connectivity index is 1.97. The van der Waals surface area contributed by atoms with E-state index in [1.807, 2.05) is 55.6 Å². The highest BCUT2D eigenvalue weighted by molar-refractivity contribution is 5.65. The van der Waals surface area contributed by atoms with E-state index in [1.165, 1.54) is 0 Å². The fourth-order valence-electron chi connectivity index (χ4n) is 4.05. The van der Waals surface area contributed by atoms with Gasteiger partial charge in [-0.1, -0.05) is 50.3 Å². The minimum Gasteiger partial charge on any atom is -0.497 e. The SMILES string of the molecule is C=CCC[C@H](O)CN(Cc1c(-c2ccccc2)nn(C)c1Oc1ccc(OC)cc1)CC(C)C. The summed E-state index contributed by atoms with van der Waals surface area (Å²) in [6.07, 6.45) is 2.93. The zero-order valence-electron chi connectivity index (χ0n) is 20.8. The van der Waals surface area contributed by atoms with Crippen molar-refractivity contribution in [1.29, 1.82) is 0 Å². The van der Waals surface area contributed by atoms with Gasteiger partial charge in [0.2, 0.25) is 5.88 Å². The van der Waals surface area contributed by atoms with Gasteiger partial charge in [-0.2, -0.15) is 5.10 Å². The molecule has 0 aliphatic heterocycles. The van der Waals surface area contributed by atoms with Gasteiger partial charge in [0, 0.05) is 32.2 Å². The molecule has 0 unspecified atom stereocenters. The molecule has 2 aromatic carbocycles. The highest BCUT2D eigenvalue weighted by atomic mass is 16.5. The number of aromatic nitrogens is 2. The van der Waals surface area contributed by atoms with Crippen LogP contribution in [0.3, 0.4) is 0 Å². The Morgan fingerprint density at radius 1 is 1.06 bits per heavy atom. The molecule has 182 valence electrons. The lowest BCUT2D eigenvalue weighted by Gasteiger charge is -2.27. The van der Waals surface area contributed by atoms with Crippen LogP contribution < -0.4 is 9.47 Å². The summed E-state index contributed by atoms with van der Waals surface area (Å²) in [4.78, 5) is 2.29. The molecule has 1 aromatic heterocycles. The van der Waals surface area contributed by atoms with E-state index in [9.17, 15) is 5.11 Å². The molecule has 0 saturated heterocycles. The summed E-state index contributed by atoms with van der Waals surface area (Å²) in [6.45, 7) is 10.2. The minimum atomic E-state index is -0.417. The summed E-state index contributed by atoms with van der Waals surface area (Å²) in [5.74, 6) is 2.64. The van der Waals surface area contributed by atoms with Crippen molar-refractivity contribution in [2.75, 3.05) is 20.2 Å². The minimum absolute atomic E-state index is 0.417. The predicted molar refractivity (Wildman–Crippen MR) is 137 cm³/mol. The van der Waals surface area contributed by atoms with Crippen LogP contribution in [0.4, 0.5) is 0 Å². The Hall–Kier alpha value is -3.09. The maximum absolute atomic E-state index is 10.6. The molecular formula is C28H37N3O3. The molecule has 0 aliphatic rings. The Morgan fingerprint density at radius 3 is 2.35 bits per heavy atom. The summed E-state index contributed by atoms with van der Waals surface area (Å²) >= 11 is 0. The van der Waals surface area contributed by atoms with Crippen molar-refractivity contribution < 1.29 is 14.6 Å². The summed E-state index contributed by atoms with van der Waals surface area (Å²) in [7, 11) is 3.55. The van der Waals surface area contributed by atoms with Crippen LogP contribution in [-0.4, -0.2) is 46.1 Å². The molecule has 34 heavy (non-hydrogen) atoms. The second kappa shape index (κ2) is 12.4. The third-order valence-corrected chi connectivity index (χ3v) is 5.59. The molecule has 1 N–H and O–H groups in total. The van der Waals surface area contributed by atoms with E-state index in [4.69, 9.17) is 14.6 Å². The van der Waals surface area contributed by atoms with Gasteiger partial charge in [-0.25, -0.2) is 4.68 Å². The maximum Gasteiger partial charge on any atom is 0.222 e. The van der Waals surface area contributed by atoms with Crippen LogP contribution in [0.5, 0.6) is 17.4 Å². The van der Waals surface area contributed by atoms with Crippen LogP contribution in [0, 0.1) is 5.92 Å². The van der Waals surface area contributed by atoms with Gasteiger partial charge in [0.1, 0.15) is 17.2 Å². The molecule has 6 heteroatoms. The molecule has 0 spiro atoms. The molecule has 0 fully saturated rings. The van der Waals surface area contributed by atoms with Crippen LogP contribution >= 0.6 is 0 Å². The Bertz CT molecular complexity index is 1030. The number of ether oxygens (including phenoxy) is 2. The van der Waals surface area contributed by atoms with Gasteiger partial charge in [-0.3, -0.25) is 4.90 Å². The van der Waals surface area contributed by atoms with Crippen LogP contribution in [0.25, 0.3) is 11.3 Å². The number of aryl methyl sites for hydroxylation is 1. The van der Waals surface area contributed by atoms with Gasteiger partial charge < -0.3 is 14.6 Å². The average Bonchev–Trinajstić information content (AvgIpc) is 3.13. The monoisotopic (exact) mass is 463 g/mol. The largest absolute Gasteiger partial charge is 0.497 e. The maximum atomic E-state index is 10.6. The van der Waals surface area contributed by atoms with Crippen molar-refractivity contribution >= 4 is 0 Å². The number of hydrogen-bond acceptors (Lipinski definition) is 5. The lowest BCUT2D eigenvalue weighted by molar-refractivity contribution is 0.0953. The van der Waals surface area contributed by atoms with E-state index in [0.29, 0.717) is 37.1 Å².